The van der Waals surface area contributed by atoms with Crippen LogP contribution in [0.15, 0.2) is 30.5 Å². The van der Waals surface area contributed by atoms with Gasteiger partial charge in [0.25, 0.3) is 0 Å². The Morgan fingerprint density at radius 3 is 3.00 bits per heavy atom. The molecule has 1 aromatic heterocycles. The lowest BCUT2D eigenvalue weighted by atomic mass is 9.96. The van der Waals surface area contributed by atoms with Gasteiger partial charge in [0.1, 0.15) is 0 Å². The average molecular weight is 274 g/mol. The van der Waals surface area contributed by atoms with Crippen molar-refractivity contribution in [1.29, 1.82) is 0 Å². The minimum atomic E-state index is 0.135. The fourth-order valence-corrected chi connectivity index (χ4v) is 2.34. The molecule has 0 amide bonds. The number of halogens is 1. The first-order chi connectivity index (χ1) is 9.22. The molecule has 3 rings (SSSR count). The highest BCUT2D eigenvalue weighted by Crippen LogP contribution is 2.22. The summed E-state index contributed by atoms with van der Waals surface area (Å²) in [6.07, 6.45) is 3.89. The second-order valence-corrected chi connectivity index (χ2v) is 4.90. The highest BCUT2D eigenvalue weighted by Gasteiger charge is 2.19. The molecule has 1 aliphatic carbocycles. The van der Waals surface area contributed by atoms with E-state index in [4.69, 9.17) is 11.6 Å². The van der Waals surface area contributed by atoms with E-state index in [1.54, 1.807) is 18.3 Å². The first-order valence-corrected chi connectivity index (χ1v) is 6.52. The molecule has 0 unspecified atom stereocenters. The van der Waals surface area contributed by atoms with Crippen molar-refractivity contribution in [2.45, 2.75) is 19.3 Å². The fourth-order valence-electron chi connectivity index (χ4n) is 2.15. The number of nitrogens with one attached hydrogen (secondary N) is 1. The lowest BCUT2D eigenvalue weighted by Gasteiger charge is -2.14. The zero-order valence-electron chi connectivity index (χ0n) is 10.2. The molecule has 0 spiro atoms. The summed E-state index contributed by atoms with van der Waals surface area (Å²) in [5.41, 5.74) is 2.31. The third kappa shape index (κ3) is 2.58. The van der Waals surface area contributed by atoms with Gasteiger partial charge < -0.3 is 5.32 Å². The fraction of sp³-hybridized carbons (Fsp3) is 0.214. The highest BCUT2D eigenvalue weighted by atomic mass is 35.5. The maximum Gasteiger partial charge on any atom is 0.227 e. The summed E-state index contributed by atoms with van der Waals surface area (Å²) in [5.74, 6) is 0.631. The molecule has 0 bridgehead atoms. The molecule has 0 fully saturated rings. The normalized spacial score (nSPS) is 14.1. The quantitative estimate of drug-likeness (QED) is 0.911. The second-order valence-electron chi connectivity index (χ2n) is 4.47. The third-order valence-electron chi connectivity index (χ3n) is 3.07. The first kappa shape index (κ1) is 12.1. The number of hydrogen-bond donors (Lipinski definition) is 1. The monoisotopic (exact) mass is 273 g/mol. The number of fused-ring (bicyclic) bond motifs is 1. The number of nitrogens with zero attached hydrogens (tertiary/aromatic N) is 2. The Morgan fingerprint density at radius 2 is 2.16 bits per heavy atom. The summed E-state index contributed by atoms with van der Waals surface area (Å²) in [6, 6.07) is 7.35. The van der Waals surface area contributed by atoms with Crippen molar-refractivity contribution in [2.75, 3.05) is 5.32 Å². The number of aromatic nitrogens is 2. The van der Waals surface area contributed by atoms with Gasteiger partial charge in [-0.15, -0.1) is 0 Å². The number of carbonyl (C=O) groups excluding carboxylic acids is 1. The van der Waals surface area contributed by atoms with Crippen molar-refractivity contribution in [3.05, 3.63) is 46.7 Å². The van der Waals surface area contributed by atoms with Gasteiger partial charge in [-0.25, -0.2) is 9.97 Å². The summed E-state index contributed by atoms with van der Waals surface area (Å²) in [6.45, 7) is 0. The van der Waals surface area contributed by atoms with Gasteiger partial charge in [0, 0.05) is 23.3 Å². The molecule has 1 aliphatic rings. The van der Waals surface area contributed by atoms with Crippen LogP contribution in [0.4, 0.5) is 11.6 Å². The van der Waals surface area contributed by atoms with E-state index in [0.29, 0.717) is 23.0 Å². The maximum atomic E-state index is 11.7. The summed E-state index contributed by atoms with van der Waals surface area (Å²) < 4.78 is 0. The van der Waals surface area contributed by atoms with Crippen LogP contribution in [0.3, 0.4) is 0 Å². The average Bonchev–Trinajstić information content (AvgIpc) is 2.39. The Kier molecular flexibility index (Phi) is 3.17. The Bertz CT molecular complexity index is 642. The van der Waals surface area contributed by atoms with Crippen LogP contribution in [0.2, 0.25) is 5.02 Å². The lowest BCUT2D eigenvalue weighted by molar-refractivity contribution is 0.0971. The molecule has 96 valence electrons. The summed E-state index contributed by atoms with van der Waals surface area (Å²) in [7, 11) is 0. The van der Waals surface area contributed by atoms with Crippen molar-refractivity contribution in [3.8, 4) is 0 Å². The van der Waals surface area contributed by atoms with Crippen LogP contribution in [0, 0.1) is 0 Å². The van der Waals surface area contributed by atoms with E-state index >= 15 is 0 Å². The van der Waals surface area contributed by atoms with Crippen molar-refractivity contribution >= 4 is 29.0 Å². The van der Waals surface area contributed by atoms with Gasteiger partial charge in [0.2, 0.25) is 5.95 Å². The number of anilines is 2. The summed E-state index contributed by atoms with van der Waals surface area (Å²) >= 11 is 5.92. The van der Waals surface area contributed by atoms with Crippen LogP contribution in [0.25, 0.3) is 0 Å². The minimum absolute atomic E-state index is 0.135. The number of benzene rings is 1. The SMILES string of the molecule is O=C1CCCc2nc(Nc3cccc(Cl)c3)ncc21. The molecule has 19 heavy (non-hydrogen) atoms. The van der Waals surface area contributed by atoms with Crippen molar-refractivity contribution in [3.63, 3.8) is 0 Å². The molecule has 1 aromatic carbocycles. The van der Waals surface area contributed by atoms with E-state index in [1.807, 2.05) is 12.1 Å². The van der Waals surface area contributed by atoms with Gasteiger partial charge >= 0.3 is 0 Å². The van der Waals surface area contributed by atoms with Crippen molar-refractivity contribution < 1.29 is 4.79 Å². The molecular weight excluding hydrogens is 262 g/mol. The first-order valence-electron chi connectivity index (χ1n) is 6.14. The Balaban J connectivity index is 1.88. The molecule has 0 aliphatic heterocycles. The smallest absolute Gasteiger partial charge is 0.227 e. The van der Waals surface area contributed by atoms with Gasteiger partial charge in [0.15, 0.2) is 5.78 Å². The maximum absolute atomic E-state index is 11.7. The van der Waals surface area contributed by atoms with E-state index in [0.717, 1.165) is 24.2 Å². The Hall–Kier alpha value is -1.94. The number of hydrogen-bond acceptors (Lipinski definition) is 4. The molecule has 0 saturated carbocycles. The number of carbonyl (C=O) groups is 1. The molecule has 2 aromatic rings. The predicted molar refractivity (Wildman–Crippen MR) is 74.0 cm³/mol. The van der Waals surface area contributed by atoms with E-state index in [1.165, 1.54) is 0 Å². The third-order valence-corrected chi connectivity index (χ3v) is 3.30. The van der Waals surface area contributed by atoms with Crippen molar-refractivity contribution in [2.24, 2.45) is 0 Å². The lowest BCUT2D eigenvalue weighted by Crippen LogP contribution is -2.14. The molecule has 4 nitrogen and oxygen atoms in total. The van der Waals surface area contributed by atoms with Gasteiger partial charge in [-0.1, -0.05) is 17.7 Å². The molecular formula is C14H12ClN3O. The van der Waals surface area contributed by atoms with Gasteiger partial charge in [-0.3, -0.25) is 4.79 Å². The molecule has 5 heteroatoms. The van der Waals surface area contributed by atoms with Gasteiger partial charge in [-0.05, 0) is 31.0 Å². The summed E-state index contributed by atoms with van der Waals surface area (Å²) in [5, 5.41) is 3.74. The van der Waals surface area contributed by atoms with Crippen LogP contribution in [0.1, 0.15) is 28.9 Å². The molecule has 0 radical (unpaired) electrons. The van der Waals surface area contributed by atoms with E-state index in [2.05, 4.69) is 15.3 Å². The molecule has 0 saturated heterocycles. The van der Waals surface area contributed by atoms with Crippen LogP contribution in [-0.2, 0) is 6.42 Å². The zero-order chi connectivity index (χ0) is 13.2. The molecule has 1 heterocycles. The Morgan fingerprint density at radius 1 is 1.26 bits per heavy atom. The van der Waals surface area contributed by atoms with Crippen LogP contribution >= 0.6 is 11.6 Å². The largest absolute Gasteiger partial charge is 0.324 e. The zero-order valence-corrected chi connectivity index (χ0v) is 10.9. The predicted octanol–water partition coefficient (Wildman–Crippen LogP) is 3.39. The number of Topliss-reactive ketones (excluding diaryl/α,β-unsaturated/α-hetero) is 1. The van der Waals surface area contributed by atoms with Gasteiger partial charge in [-0.2, -0.15) is 0 Å². The van der Waals surface area contributed by atoms with Crippen molar-refractivity contribution in [1.82, 2.24) is 9.97 Å². The molecule has 0 atom stereocenters. The van der Waals surface area contributed by atoms with E-state index < -0.39 is 0 Å². The van der Waals surface area contributed by atoms with Crippen LogP contribution in [-0.4, -0.2) is 15.8 Å². The Labute approximate surface area is 115 Å². The number of rotatable bonds is 2. The topological polar surface area (TPSA) is 54.9 Å². The van der Waals surface area contributed by atoms with Gasteiger partial charge in [0.05, 0.1) is 11.3 Å². The highest BCUT2D eigenvalue weighted by molar-refractivity contribution is 6.30. The second kappa shape index (κ2) is 4.97. The van der Waals surface area contributed by atoms with Crippen LogP contribution < -0.4 is 5.32 Å². The number of aryl methyl sites for hydroxylation is 1. The van der Waals surface area contributed by atoms with E-state index in [9.17, 15) is 4.79 Å². The minimum Gasteiger partial charge on any atom is -0.324 e. The number of ketones is 1. The summed E-state index contributed by atoms with van der Waals surface area (Å²) in [4.78, 5) is 20.3. The van der Waals surface area contributed by atoms with E-state index in [-0.39, 0.29) is 5.78 Å². The standard InChI is InChI=1S/C14H12ClN3O/c15-9-3-1-4-10(7-9)17-14-16-8-11-12(18-14)5-2-6-13(11)19/h1,3-4,7-8H,2,5-6H2,(H,16,17,18). The van der Waals surface area contributed by atoms with Crippen LogP contribution in [0.5, 0.6) is 0 Å². The molecule has 1 N–H and O–H groups in total.